The van der Waals surface area contributed by atoms with Gasteiger partial charge in [0.2, 0.25) is 18.8 Å². The molecule has 2 amide bonds. The highest BCUT2D eigenvalue weighted by atomic mass is 16.7. The van der Waals surface area contributed by atoms with Crippen molar-refractivity contribution in [3.8, 4) is 28.7 Å². The summed E-state index contributed by atoms with van der Waals surface area (Å²) in [7, 11) is 0. The molecule has 3 aromatic rings. The number of carbonyl (C=O) groups is 2. The van der Waals surface area contributed by atoms with Crippen molar-refractivity contribution in [1.82, 2.24) is 5.32 Å². The van der Waals surface area contributed by atoms with Crippen molar-refractivity contribution in [2.24, 2.45) is 0 Å². The quantitative estimate of drug-likeness (QED) is 0.484. The fourth-order valence-corrected chi connectivity index (χ4v) is 5.34. The van der Waals surface area contributed by atoms with E-state index in [9.17, 15) is 14.7 Å². The van der Waals surface area contributed by atoms with Crippen molar-refractivity contribution in [3.05, 3.63) is 72.3 Å². The number of ether oxygens (including phenoxy) is 4. The van der Waals surface area contributed by atoms with Gasteiger partial charge in [-0.05, 0) is 54.8 Å². The van der Waals surface area contributed by atoms with Crippen LogP contribution in [0.1, 0.15) is 43.7 Å². The van der Waals surface area contributed by atoms with Crippen LogP contribution in [-0.4, -0.2) is 42.5 Å². The summed E-state index contributed by atoms with van der Waals surface area (Å²) in [5.41, 5.74) is 0.993. The molecule has 1 saturated carbocycles. The second-order valence-corrected chi connectivity index (χ2v) is 9.95. The molecule has 3 aromatic carbocycles. The van der Waals surface area contributed by atoms with E-state index in [1.807, 2.05) is 12.1 Å². The van der Waals surface area contributed by atoms with Crippen LogP contribution >= 0.6 is 0 Å². The van der Waals surface area contributed by atoms with Crippen LogP contribution in [0.5, 0.6) is 28.7 Å². The summed E-state index contributed by atoms with van der Waals surface area (Å²) in [5, 5.41) is 13.1. The zero-order valence-electron chi connectivity index (χ0n) is 21.4. The maximum atomic E-state index is 14.3. The van der Waals surface area contributed by atoms with E-state index in [4.69, 9.17) is 18.9 Å². The van der Waals surface area contributed by atoms with Gasteiger partial charge in [-0.25, -0.2) is 0 Å². The lowest BCUT2D eigenvalue weighted by molar-refractivity contribution is -0.132. The number of rotatable bonds is 6. The zero-order valence-corrected chi connectivity index (χ0v) is 21.4. The molecular formula is C30H30N2O7. The number of benzene rings is 3. The van der Waals surface area contributed by atoms with Crippen molar-refractivity contribution in [1.29, 1.82) is 0 Å². The lowest BCUT2D eigenvalue weighted by Crippen LogP contribution is -2.52. The fraction of sp³-hybridized carbons (Fsp3) is 0.333. The molecule has 0 saturated heterocycles. The minimum atomic E-state index is -1.04. The molecule has 0 aromatic heterocycles. The lowest BCUT2D eigenvalue weighted by atomic mass is 9.94. The second-order valence-electron chi connectivity index (χ2n) is 9.95. The minimum absolute atomic E-state index is 0.0105. The predicted octanol–water partition coefficient (Wildman–Crippen LogP) is 4.48. The van der Waals surface area contributed by atoms with Crippen LogP contribution in [0.25, 0.3) is 0 Å². The van der Waals surface area contributed by atoms with Crippen molar-refractivity contribution >= 4 is 17.5 Å². The molecule has 1 fully saturated rings. The first-order chi connectivity index (χ1) is 19.1. The van der Waals surface area contributed by atoms with Gasteiger partial charge in [0.05, 0.1) is 0 Å². The number of anilines is 1. The Morgan fingerprint density at radius 2 is 1.56 bits per heavy atom. The summed E-state index contributed by atoms with van der Waals surface area (Å²) < 4.78 is 23.0. The van der Waals surface area contributed by atoms with Crippen LogP contribution in [0.4, 0.5) is 5.69 Å². The van der Waals surface area contributed by atoms with Crippen molar-refractivity contribution in [2.75, 3.05) is 18.3 Å². The number of carbonyl (C=O) groups excluding carboxylic acids is 2. The van der Waals surface area contributed by atoms with Crippen LogP contribution in [0.3, 0.4) is 0 Å². The first-order valence-corrected chi connectivity index (χ1v) is 13.3. The van der Waals surface area contributed by atoms with Crippen LogP contribution in [-0.2, 0) is 9.59 Å². The van der Waals surface area contributed by atoms with Crippen LogP contribution < -0.4 is 29.2 Å². The van der Waals surface area contributed by atoms with Gasteiger partial charge < -0.3 is 29.4 Å². The third kappa shape index (κ3) is 5.16. The SMILES string of the molecule is O=C(NC1CCCCC1)C(c1ccc(O)cc1)N(C(=O)C1COc2ccccc2O1)c1ccc2c(c1)OCO2. The Morgan fingerprint density at radius 1 is 0.846 bits per heavy atom. The lowest BCUT2D eigenvalue weighted by Gasteiger charge is -2.36. The average Bonchev–Trinajstić information content (AvgIpc) is 3.44. The van der Waals surface area contributed by atoms with Gasteiger partial charge >= 0.3 is 0 Å². The molecule has 39 heavy (non-hydrogen) atoms. The number of nitrogens with zero attached hydrogens (tertiary/aromatic N) is 1. The van der Waals surface area contributed by atoms with Crippen molar-refractivity contribution in [2.45, 2.75) is 50.3 Å². The van der Waals surface area contributed by atoms with Crippen LogP contribution in [0.2, 0.25) is 0 Å². The Labute approximate surface area is 226 Å². The zero-order chi connectivity index (χ0) is 26.8. The third-order valence-corrected chi connectivity index (χ3v) is 7.32. The summed E-state index contributed by atoms with van der Waals surface area (Å²) in [6, 6.07) is 17.6. The van der Waals surface area contributed by atoms with E-state index in [1.165, 1.54) is 17.0 Å². The largest absolute Gasteiger partial charge is 0.508 e. The number of hydrogen-bond donors (Lipinski definition) is 2. The number of hydrogen-bond acceptors (Lipinski definition) is 7. The van der Waals surface area contributed by atoms with Crippen molar-refractivity contribution < 1.29 is 33.6 Å². The number of para-hydroxylation sites is 2. The molecule has 2 aliphatic heterocycles. The van der Waals surface area contributed by atoms with Gasteiger partial charge in [-0.2, -0.15) is 0 Å². The molecule has 0 bridgehead atoms. The van der Waals surface area contributed by atoms with E-state index in [2.05, 4.69) is 5.32 Å². The predicted molar refractivity (Wildman–Crippen MR) is 142 cm³/mol. The van der Waals surface area contributed by atoms with Crippen molar-refractivity contribution in [3.63, 3.8) is 0 Å². The molecule has 2 heterocycles. The number of phenolic OH excluding ortho intramolecular Hbond substituents is 1. The van der Waals surface area contributed by atoms with Gasteiger partial charge in [-0.15, -0.1) is 0 Å². The number of aromatic hydroxyl groups is 1. The monoisotopic (exact) mass is 530 g/mol. The van der Waals surface area contributed by atoms with E-state index in [0.29, 0.717) is 34.2 Å². The molecular weight excluding hydrogens is 500 g/mol. The Kier molecular flexibility index (Phi) is 6.87. The van der Waals surface area contributed by atoms with Gasteiger partial charge in [0, 0.05) is 17.8 Å². The van der Waals surface area contributed by atoms with E-state index in [-0.39, 0.29) is 31.1 Å². The molecule has 6 rings (SSSR count). The maximum Gasteiger partial charge on any atom is 0.272 e. The maximum absolute atomic E-state index is 14.3. The molecule has 1 aliphatic carbocycles. The Morgan fingerprint density at radius 3 is 2.36 bits per heavy atom. The first kappa shape index (κ1) is 24.9. The number of nitrogens with one attached hydrogen (secondary N) is 1. The highest BCUT2D eigenvalue weighted by Gasteiger charge is 2.40. The molecule has 2 N–H and O–H groups in total. The molecule has 3 aliphatic rings. The molecule has 0 radical (unpaired) electrons. The Bertz CT molecular complexity index is 1350. The normalized spacial score (nSPS) is 18.7. The molecule has 2 atom stereocenters. The van der Waals surface area contributed by atoms with Gasteiger partial charge in [0.25, 0.3) is 5.91 Å². The number of fused-ring (bicyclic) bond motifs is 2. The average molecular weight is 531 g/mol. The van der Waals surface area contributed by atoms with E-state index in [0.717, 1.165) is 32.1 Å². The highest BCUT2D eigenvalue weighted by molar-refractivity contribution is 6.04. The Balaban J connectivity index is 1.41. The summed E-state index contributed by atoms with van der Waals surface area (Å²) in [5.74, 6) is 1.36. The fourth-order valence-electron chi connectivity index (χ4n) is 5.34. The first-order valence-electron chi connectivity index (χ1n) is 13.3. The summed E-state index contributed by atoms with van der Waals surface area (Å²) in [6.07, 6.45) is 4.03. The molecule has 9 nitrogen and oxygen atoms in total. The van der Waals surface area contributed by atoms with E-state index < -0.39 is 18.1 Å². The standard InChI is InChI=1S/C30H30N2O7/c33-22-13-10-19(11-14-22)28(29(34)31-20-6-2-1-3-7-20)32(21-12-15-24-26(16-21)38-18-37-24)30(35)27-17-36-23-8-4-5-9-25(23)39-27/h4-5,8-16,20,27-28,33H,1-3,6-7,17-18H2,(H,31,34). The molecule has 0 spiro atoms. The van der Waals surface area contributed by atoms with Gasteiger partial charge in [0.1, 0.15) is 18.4 Å². The summed E-state index contributed by atoms with van der Waals surface area (Å²) >= 11 is 0. The van der Waals surface area contributed by atoms with Gasteiger partial charge in [-0.3, -0.25) is 14.5 Å². The highest BCUT2D eigenvalue weighted by Crippen LogP contribution is 2.40. The number of phenols is 1. The van der Waals surface area contributed by atoms with Gasteiger partial charge in [-0.1, -0.05) is 43.5 Å². The second kappa shape index (κ2) is 10.8. The van der Waals surface area contributed by atoms with E-state index in [1.54, 1.807) is 42.5 Å². The minimum Gasteiger partial charge on any atom is -0.508 e. The van der Waals surface area contributed by atoms with Crippen LogP contribution in [0, 0.1) is 0 Å². The molecule has 9 heteroatoms. The number of amides is 2. The Hall–Kier alpha value is -4.40. The molecule has 2 unspecified atom stereocenters. The van der Waals surface area contributed by atoms with E-state index >= 15 is 0 Å². The summed E-state index contributed by atoms with van der Waals surface area (Å²) in [6.45, 7) is 0.0656. The third-order valence-electron chi connectivity index (χ3n) is 7.32. The smallest absolute Gasteiger partial charge is 0.272 e. The summed E-state index contributed by atoms with van der Waals surface area (Å²) in [4.78, 5) is 29.8. The topological polar surface area (TPSA) is 107 Å². The van der Waals surface area contributed by atoms with Crippen LogP contribution in [0.15, 0.2) is 66.7 Å². The van der Waals surface area contributed by atoms with Gasteiger partial charge in [0.15, 0.2) is 23.0 Å². The molecule has 202 valence electrons.